The van der Waals surface area contributed by atoms with Crippen LogP contribution in [0, 0.1) is 38.5 Å². The third-order valence-electron chi connectivity index (χ3n) is 4.35. The van der Waals surface area contributed by atoms with Crippen molar-refractivity contribution in [3.05, 3.63) is 33.4 Å². The Kier molecular flexibility index (Phi) is 4.79. The fourth-order valence-electron chi connectivity index (χ4n) is 3.07. The summed E-state index contributed by atoms with van der Waals surface area (Å²) in [5.74, 6) is 0. The second-order valence-electron chi connectivity index (χ2n) is 8.93. The first-order valence-corrected chi connectivity index (χ1v) is 7.91. The lowest BCUT2D eigenvalue weighted by Gasteiger charge is -2.28. The second kappa shape index (κ2) is 5.54. The zero-order chi connectivity index (χ0) is 15.9. The minimum atomic E-state index is 0.343. The van der Waals surface area contributed by atoms with Gasteiger partial charge in [-0.1, -0.05) is 41.5 Å². The molecule has 1 aromatic rings. The van der Waals surface area contributed by atoms with Crippen LogP contribution in [0.2, 0.25) is 0 Å². The van der Waals surface area contributed by atoms with Gasteiger partial charge in [0.05, 0.1) is 0 Å². The molecule has 0 heteroatoms. The van der Waals surface area contributed by atoms with E-state index in [0.717, 1.165) is 0 Å². The predicted octanol–water partition coefficient (Wildman–Crippen LogP) is 6.10. The molecule has 0 fully saturated rings. The summed E-state index contributed by atoms with van der Waals surface area (Å²) in [6.07, 6.45) is 2.34. The predicted molar refractivity (Wildman–Crippen MR) is 91.7 cm³/mol. The van der Waals surface area contributed by atoms with Crippen molar-refractivity contribution in [1.82, 2.24) is 0 Å². The van der Waals surface area contributed by atoms with Crippen molar-refractivity contribution in [1.29, 1.82) is 0 Å². The van der Waals surface area contributed by atoms with Crippen LogP contribution >= 0.6 is 0 Å². The molecule has 0 heterocycles. The molecule has 20 heavy (non-hydrogen) atoms. The van der Waals surface area contributed by atoms with Crippen LogP contribution in [0.5, 0.6) is 0 Å². The number of benzene rings is 1. The van der Waals surface area contributed by atoms with Gasteiger partial charge < -0.3 is 0 Å². The molecule has 0 atom stereocenters. The standard InChI is InChI=1S/C20H34/c1-13-14(2)17(11-19(5,6)7)16(4)18(15(13)3)12-20(8,9)10/h11-12H2,1-10H3. The average Bonchev–Trinajstić information content (AvgIpc) is 2.25. The Balaban J connectivity index is 3.47. The van der Waals surface area contributed by atoms with Crippen molar-refractivity contribution >= 4 is 0 Å². The van der Waals surface area contributed by atoms with Gasteiger partial charge in [0.1, 0.15) is 0 Å². The molecule has 0 spiro atoms. The summed E-state index contributed by atoms with van der Waals surface area (Å²) in [6, 6.07) is 0. The average molecular weight is 274 g/mol. The van der Waals surface area contributed by atoms with Crippen molar-refractivity contribution in [3.63, 3.8) is 0 Å². The first-order chi connectivity index (χ1) is 8.83. The molecule has 1 rings (SSSR count). The molecule has 0 N–H and O–H groups in total. The van der Waals surface area contributed by atoms with Gasteiger partial charge >= 0.3 is 0 Å². The summed E-state index contributed by atoms with van der Waals surface area (Å²) in [6.45, 7) is 23.3. The quantitative estimate of drug-likeness (QED) is 0.611. The van der Waals surface area contributed by atoms with Gasteiger partial charge in [-0.2, -0.15) is 0 Å². The summed E-state index contributed by atoms with van der Waals surface area (Å²) in [7, 11) is 0. The van der Waals surface area contributed by atoms with E-state index in [1.165, 1.54) is 35.1 Å². The molecule has 0 aliphatic carbocycles. The van der Waals surface area contributed by atoms with Crippen molar-refractivity contribution in [2.45, 2.75) is 82.1 Å². The van der Waals surface area contributed by atoms with E-state index in [2.05, 4.69) is 69.2 Å². The van der Waals surface area contributed by atoms with Crippen molar-refractivity contribution in [3.8, 4) is 0 Å². The van der Waals surface area contributed by atoms with Gasteiger partial charge in [-0.05, 0) is 84.7 Å². The lowest BCUT2D eigenvalue weighted by molar-refractivity contribution is 0.402. The lowest BCUT2D eigenvalue weighted by Crippen LogP contribution is -2.17. The van der Waals surface area contributed by atoms with Gasteiger partial charge in [0.25, 0.3) is 0 Å². The maximum Gasteiger partial charge on any atom is -0.0224 e. The fraction of sp³-hybridized carbons (Fsp3) is 0.700. The molecule has 0 aliphatic rings. The van der Waals surface area contributed by atoms with Crippen molar-refractivity contribution in [2.75, 3.05) is 0 Å². The summed E-state index contributed by atoms with van der Waals surface area (Å²) in [5, 5.41) is 0. The molecule has 0 saturated carbocycles. The summed E-state index contributed by atoms with van der Waals surface area (Å²) >= 11 is 0. The molecule has 0 nitrogen and oxygen atoms in total. The van der Waals surface area contributed by atoms with Gasteiger partial charge in [0, 0.05) is 0 Å². The van der Waals surface area contributed by atoms with Crippen LogP contribution in [-0.4, -0.2) is 0 Å². The van der Waals surface area contributed by atoms with E-state index in [4.69, 9.17) is 0 Å². The highest BCUT2D eigenvalue weighted by Gasteiger charge is 2.22. The number of hydrogen-bond acceptors (Lipinski definition) is 0. The topological polar surface area (TPSA) is 0 Å². The minimum absolute atomic E-state index is 0.343. The molecule has 1 aromatic carbocycles. The first kappa shape index (κ1) is 17.3. The van der Waals surface area contributed by atoms with Gasteiger partial charge in [-0.15, -0.1) is 0 Å². The van der Waals surface area contributed by atoms with E-state index < -0.39 is 0 Å². The zero-order valence-corrected chi connectivity index (χ0v) is 15.4. The van der Waals surface area contributed by atoms with E-state index >= 15 is 0 Å². The maximum atomic E-state index is 2.34. The van der Waals surface area contributed by atoms with Crippen LogP contribution < -0.4 is 0 Å². The summed E-state index contributed by atoms with van der Waals surface area (Å²) in [4.78, 5) is 0. The largest absolute Gasteiger partial charge is 0.0599 e. The molecule has 0 aromatic heterocycles. The van der Waals surface area contributed by atoms with Crippen LogP contribution in [0.3, 0.4) is 0 Å². The van der Waals surface area contributed by atoms with Gasteiger partial charge in [-0.25, -0.2) is 0 Å². The molecule has 0 bridgehead atoms. The third-order valence-corrected chi connectivity index (χ3v) is 4.35. The highest BCUT2D eigenvalue weighted by Crippen LogP contribution is 2.34. The third kappa shape index (κ3) is 4.11. The molecule has 0 amide bonds. The zero-order valence-electron chi connectivity index (χ0n) is 15.4. The van der Waals surface area contributed by atoms with Crippen LogP contribution in [0.1, 0.15) is 74.9 Å². The minimum Gasteiger partial charge on any atom is -0.0599 e. The second-order valence-corrected chi connectivity index (χ2v) is 8.93. The SMILES string of the molecule is Cc1c(C)c(CC(C)(C)C)c(C)c(CC(C)(C)C)c1C. The Hall–Kier alpha value is -0.780. The molecule has 0 radical (unpaired) electrons. The van der Waals surface area contributed by atoms with Crippen LogP contribution in [0.4, 0.5) is 0 Å². The molecular formula is C20H34. The first-order valence-electron chi connectivity index (χ1n) is 7.91. The molecule has 0 unspecified atom stereocenters. The van der Waals surface area contributed by atoms with E-state index in [0.29, 0.717) is 10.8 Å². The van der Waals surface area contributed by atoms with Gasteiger partial charge in [0.2, 0.25) is 0 Å². The molecule has 0 aliphatic heterocycles. The Morgan fingerprint density at radius 1 is 0.500 bits per heavy atom. The van der Waals surface area contributed by atoms with E-state index in [-0.39, 0.29) is 0 Å². The van der Waals surface area contributed by atoms with Crippen LogP contribution in [0.25, 0.3) is 0 Å². The molecular weight excluding hydrogens is 240 g/mol. The Morgan fingerprint density at radius 2 is 0.800 bits per heavy atom. The normalized spacial score (nSPS) is 12.9. The van der Waals surface area contributed by atoms with E-state index in [9.17, 15) is 0 Å². The summed E-state index contributed by atoms with van der Waals surface area (Å²) < 4.78 is 0. The van der Waals surface area contributed by atoms with Crippen molar-refractivity contribution in [2.24, 2.45) is 10.8 Å². The van der Waals surface area contributed by atoms with E-state index in [1.54, 1.807) is 11.1 Å². The Morgan fingerprint density at radius 3 is 1.05 bits per heavy atom. The van der Waals surface area contributed by atoms with Gasteiger partial charge in [-0.3, -0.25) is 0 Å². The van der Waals surface area contributed by atoms with E-state index in [1.807, 2.05) is 0 Å². The Bertz CT molecular complexity index is 447. The maximum absolute atomic E-state index is 2.34. The Labute approximate surface area is 127 Å². The number of rotatable bonds is 2. The molecule has 0 saturated heterocycles. The smallest absolute Gasteiger partial charge is 0.0224 e. The molecule has 114 valence electrons. The summed E-state index contributed by atoms with van der Waals surface area (Å²) in [5.41, 5.74) is 9.90. The monoisotopic (exact) mass is 274 g/mol. The van der Waals surface area contributed by atoms with Crippen molar-refractivity contribution < 1.29 is 0 Å². The highest BCUT2D eigenvalue weighted by atomic mass is 14.3. The van der Waals surface area contributed by atoms with Crippen LogP contribution in [-0.2, 0) is 12.8 Å². The van der Waals surface area contributed by atoms with Gasteiger partial charge in [0.15, 0.2) is 0 Å². The number of hydrogen-bond donors (Lipinski definition) is 0. The fourth-order valence-corrected chi connectivity index (χ4v) is 3.07. The highest BCUT2D eigenvalue weighted by molar-refractivity contribution is 5.50. The lowest BCUT2D eigenvalue weighted by atomic mass is 9.77. The van der Waals surface area contributed by atoms with Crippen LogP contribution in [0.15, 0.2) is 0 Å².